The van der Waals surface area contributed by atoms with Crippen molar-refractivity contribution >= 4 is 33.9 Å². The fourth-order valence-electron chi connectivity index (χ4n) is 1.80. The Balaban J connectivity index is 2.33. The van der Waals surface area contributed by atoms with Crippen molar-refractivity contribution in [3.8, 4) is 0 Å². The third-order valence-corrected chi connectivity index (χ3v) is 5.49. The minimum Gasteiger partial charge on any atom is -0.320 e. The molecule has 1 aromatic carbocycles. The summed E-state index contributed by atoms with van der Waals surface area (Å²) < 4.78 is 1.23. The van der Waals surface area contributed by atoms with E-state index in [1.54, 1.807) is 0 Å². The van der Waals surface area contributed by atoms with Crippen LogP contribution in [0.25, 0.3) is 0 Å². The first kappa shape index (κ1) is 14.0. The molecular formula is C15H18INS. The number of thiophene rings is 1. The smallest absolute Gasteiger partial charge is 0.0656 e. The predicted molar refractivity (Wildman–Crippen MR) is 88.2 cm³/mol. The number of hydrogen-bond acceptors (Lipinski definition) is 2. The highest BCUT2D eigenvalue weighted by atomic mass is 127. The highest BCUT2D eigenvalue weighted by molar-refractivity contribution is 14.1. The van der Waals surface area contributed by atoms with E-state index in [-0.39, 0.29) is 11.5 Å². The van der Waals surface area contributed by atoms with Gasteiger partial charge in [-0.3, -0.25) is 0 Å². The Morgan fingerprint density at radius 2 is 1.78 bits per heavy atom. The summed E-state index contributed by atoms with van der Waals surface area (Å²) in [7, 11) is 0. The lowest BCUT2D eigenvalue weighted by Gasteiger charge is -2.16. The number of halogens is 1. The zero-order chi connectivity index (χ0) is 13.3. The molecule has 0 fully saturated rings. The Morgan fingerprint density at radius 3 is 2.33 bits per heavy atom. The topological polar surface area (TPSA) is 26.0 Å². The van der Waals surface area contributed by atoms with E-state index in [0.717, 1.165) is 0 Å². The summed E-state index contributed by atoms with van der Waals surface area (Å²) in [5.41, 5.74) is 7.79. The maximum Gasteiger partial charge on any atom is 0.0656 e. The van der Waals surface area contributed by atoms with Gasteiger partial charge in [-0.15, -0.1) is 11.3 Å². The fraction of sp³-hybridized carbons (Fsp3) is 0.333. The molecule has 2 aromatic rings. The molecule has 0 spiro atoms. The number of hydrogen-bond donors (Lipinski definition) is 1. The molecule has 2 rings (SSSR count). The van der Waals surface area contributed by atoms with Crippen molar-refractivity contribution in [2.75, 3.05) is 0 Å². The van der Waals surface area contributed by atoms with Crippen LogP contribution in [0, 0.1) is 3.57 Å². The normalized spacial score (nSPS) is 13.6. The summed E-state index contributed by atoms with van der Waals surface area (Å²) in [6.45, 7) is 6.71. The van der Waals surface area contributed by atoms with Crippen molar-refractivity contribution in [2.45, 2.75) is 32.2 Å². The molecule has 18 heavy (non-hydrogen) atoms. The van der Waals surface area contributed by atoms with E-state index in [2.05, 4.69) is 73.7 Å². The van der Waals surface area contributed by atoms with Crippen molar-refractivity contribution in [2.24, 2.45) is 5.73 Å². The van der Waals surface area contributed by atoms with E-state index in [1.165, 1.54) is 18.9 Å². The molecule has 96 valence electrons. The van der Waals surface area contributed by atoms with Crippen LogP contribution in [0.3, 0.4) is 0 Å². The van der Waals surface area contributed by atoms with Gasteiger partial charge in [0.25, 0.3) is 0 Å². The van der Waals surface area contributed by atoms with Crippen molar-refractivity contribution < 1.29 is 0 Å². The van der Waals surface area contributed by atoms with Gasteiger partial charge in [0, 0.05) is 13.3 Å². The average Bonchev–Trinajstić information content (AvgIpc) is 2.77. The van der Waals surface area contributed by atoms with Crippen LogP contribution >= 0.6 is 33.9 Å². The van der Waals surface area contributed by atoms with Crippen LogP contribution in [-0.2, 0) is 5.41 Å². The second-order valence-corrected chi connectivity index (χ2v) is 7.73. The monoisotopic (exact) mass is 371 g/mol. The Hall–Kier alpha value is -0.390. The van der Waals surface area contributed by atoms with Crippen LogP contribution in [0.5, 0.6) is 0 Å². The molecule has 1 nitrogen and oxygen atoms in total. The molecule has 1 heterocycles. The van der Waals surface area contributed by atoms with Crippen molar-refractivity contribution in [1.29, 1.82) is 0 Å². The molecule has 0 aliphatic carbocycles. The highest BCUT2D eigenvalue weighted by Crippen LogP contribution is 2.34. The van der Waals surface area contributed by atoms with Gasteiger partial charge >= 0.3 is 0 Å². The summed E-state index contributed by atoms with van der Waals surface area (Å²) >= 11 is 4.17. The molecule has 2 N–H and O–H groups in total. The number of benzene rings is 1. The van der Waals surface area contributed by atoms with Crippen LogP contribution in [0.2, 0.25) is 0 Å². The number of nitrogens with two attached hydrogens (primary N) is 1. The van der Waals surface area contributed by atoms with Gasteiger partial charge in [0.2, 0.25) is 0 Å². The van der Waals surface area contributed by atoms with Crippen molar-refractivity contribution in [3.05, 3.63) is 55.3 Å². The first-order valence-electron chi connectivity index (χ1n) is 6.00. The molecule has 0 bridgehead atoms. The van der Waals surface area contributed by atoms with Crippen LogP contribution < -0.4 is 5.73 Å². The quantitative estimate of drug-likeness (QED) is 0.761. The highest BCUT2D eigenvalue weighted by Gasteiger charge is 2.19. The van der Waals surface area contributed by atoms with E-state index in [9.17, 15) is 0 Å². The lowest BCUT2D eigenvalue weighted by Crippen LogP contribution is -2.12. The van der Waals surface area contributed by atoms with Crippen LogP contribution in [-0.4, -0.2) is 0 Å². The Bertz CT molecular complexity index is 539. The van der Waals surface area contributed by atoms with Crippen LogP contribution in [0.4, 0.5) is 0 Å². The van der Waals surface area contributed by atoms with E-state index in [4.69, 9.17) is 5.73 Å². The van der Waals surface area contributed by atoms with Gasteiger partial charge in [-0.1, -0.05) is 39.0 Å². The third kappa shape index (κ3) is 2.95. The summed E-state index contributed by atoms with van der Waals surface area (Å²) in [6.07, 6.45) is 0. The van der Waals surface area contributed by atoms with Gasteiger partial charge in [-0.05, 0) is 51.8 Å². The molecule has 0 amide bonds. The molecule has 0 aliphatic heterocycles. The van der Waals surface area contributed by atoms with E-state index in [1.807, 2.05) is 17.4 Å². The van der Waals surface area contributed by atoms with Gasteiger partial charge in [0.15, 0.2) is 0 Å². The molecular weight excluding hydrogens is 353 g/mol. The van der Waals surface area contributed by atoms with E-state index in [0.29, 0.717) is 0 Å². The van der Waals surface area contributed by atoms with Crippen molar-refractivity contribution in [3.63, 3.8) is 0 Å². The molecule has 0 radical (unpaired) electrons. The van der Waals surface area contributed by atoms with E-state index >= 15 is 0 Å². The third-order valence-electron chi connectivity index (χ3n) is 2.91. The lowest BCUT2D eigenvalue weighted by atomic mass is 9.95. The van der Waals surface area contributed by atoms with Gasteiger partial charge in [0.05, 0.1) is 6.04 Å². The zero-order valence-electron chi connectivity index (χ0n) is 10.9. The van der Waals surface area contributed by atoms with Gasteiger partial charge in [-0.25, -0.2) is 0 Å². The summed E-state index contributed by atoms with van der Waals surface area (Å²) in [4.78, 5) is 2.63. The Labute approximate surface area is 127 Å². The second kappa shape index (κ2) is 5.31. The maximum absolute atomic E-state index is 6.38. The van der Waals surface area contributed by atoms with E-state index < -0.39 is 0 Å². The van der Waals surface area contributed by atoms with Crippen molar-refractivity contribution in [1.82, 2.24) is 0 Å². The minimum atomic E-state index is -0.0146. The molecule has 0 saturated carbocycles. The van der Waals surface area contributed by atoms with Crippen LogP contribution in [0.1, 0.15) is 42.1 Å². The summed E-state index contributed by atoms with van der Waals surface area (Å²) in [6, 6.07) is 12.7. The molecule has 1 aromatic heterocycles. The second-order valence-electron chi connectivity index (χ2n) is 5.45. The maximum atomic E-state index is 6.38. The minimum absolute atomic E-state index is 0.0146. The SMILES string of the molecule is CC(C)(C)c1ccc(C(N)c2ccccc2I)s1. The fourth-order valence-corrected chi connectivity index (χ4v) is 3.61. The lowest BCUT2D eigenvalue weighted by molar-refractivity contribution is 0.604. The molecule has 1 atom stereocenters. The standard InChI is InChI=1S/C15H18INS/c1-15(2,3)13-9-8-12(18-13)14(17)10-6-4-5-7-11(10)16/h4-9,14H,17H2,1-3H3. The Kier molecular flexibility index (Phi) is 4.14. The molecule has 0 aliphatic rings. The van der Waals surface area contributed by atoms with Gasteiger partial charge in [0.1, 0.15) is 0 Å². The Morgan fingerprint density at radius 1 is 1.11 bits per heavy atom. The summed E-state index contributed by atoms with van der Waals surface area (Å²) in [5.74, 6) is 0. The molecule has 0 saturated heterocycles. The molecule has 1 unspecified atom stereocenters. The molecule has 3 heteroatoms. The zero-order valence-corrected chi connectivity index (χ0v) is 13.9. The van der Waals surface area contributed by atoms with Gasteiger partial charge < -0.3 is 5.73 Å². The first-order chi connectivity index (χ1) is 8.39. The average molecular weight is 371 g/mol. The predicted octanol–water partition coefficient (Wildman–Crippen LogP) is 4.70. The number of rotatable bonds is 2. The summed E-state index contributed by atoms with van der Waals surface area (Å²) in [5, 5.41) is 0. The largest absolute Gasteiger partial charge is 0.320 e. The van der Waals surface area contributed by atoms with Crippen LogP contribution in [0.15, 0.2) is 36.4 Å². The first-order valence-corrected chi connectivity index (χ1v) is 7.89. The van der Waals surface area contributed by atoms with Gasteiger partial charge in [-0.2, -0.15) is 0 Å².